The van der Waals surface area contributed by atoms with Crippen molar-refractivity contribution in [2.75, 3.05) is 44.2 Å². The maximum atomic E-state index is 14.8. The number of aromatic nitrogens is 2. The summed E-state index contributed by atoms with van der Waals surface area (Å²) in [6.45, 7) is 2.03. The number of ether oxygens (including phenoxy) is 3. The largest absolute Gasteiger partial charge is 0.491 e. The molecule has 0 radical (unpaired) electrons. The van der Waals surface area contributed by atoms with Crippen LogP contribution in [0.5, 0.6) is 5.75 Å². The zero-order chi connectivity index (χ0) is 23.0. The molecule has 1 saturated heterocycles. The Morgan fingerprint density at radius 1 is 1.12 bits per heavy atom. The van der Waals surface area contributed by atoms with Gasteiger partial charge < -0.3 is 30.2 Å². The summed E-state index contributed by atoms with van der Waals surface area (Å²) in [5, 5.41) is 9.14. The van der Waals surface area contributed by atoms with Crippen LogP contribution < -0.4 is 20.7 Å². The SMILES string of the molecule is COCCOc1cc(F)c2c(Nc3ccc(NC(=O)NC4CCOCC4)cc3)ncnc2c1. The van der Waals surface area contributed by atoms with Crippen LogP contribution >= 0.6 is 0 Å². The second kappa shape index (κ2) is 10.9. The molecule has 1 aliphatic heterocycles. The Labute approximate surface area is 190 Å². The van der Waals surface area contributed by atoms with Crippen molar-refractivity contribution in [2.24, 2.45) is 0 Å². The van der Waals surface area contributed by atoms with Crippen LogP contribution in [0.2, 0.25) is 0 Å². The van der Waals surface area contributed by atoms with Crippen LogP contribution in [-0.4, -0.2) is 55.6 Å². The Morgan fingerprint density at radius 3 is 2.64 bits per heavy atom. The van der Waals surface area contributed by atoms with Crippen molar-refractivity contribution in [1.29, 1.82) is 0 Å². The highest BCUT2D eigenvalue weighted by molar-refractivity contribution is 5.92. The number of anilines is 3. The average molecular weight is 455 g/mol. The quantitative estimate of drug-likeness (QED) is 0.443. The highest BCUT2D eigenvalue weighted by atomic mass is 19.1. The van der Waals surface area contributed by atoms with Crippen molar-refractivity contribution in [3.05, 3.63) is 48.5 Å². The number of hydrogen-bond donors (Lipinski definition) is 3. The second-order valence-corrected chi connectivity index (χ2v) is 7.55. The van der Waals surface area contributed by atoms with Gasteiger partial charge in [-0.1, -0.05) is 0 Å². The van der Waals surface area contributed by atoms with E-state index in [-0.39, 0.29) is 17.5 Å². The number of nitrogens with one attached hydrogen (secondary N) is 3. The van der Waals surface area contributed by atoms with Gasteiger partial charge in [0.25, 0.3) is 0 Å². The number of carbonyl (C=O) groups excluding carboxylic acids is 1. The fourth-order valence-electron chi connectivity index (χ4n) is 3.51. The van der Waals surface area contributed by atoms with E-state index in [9.17, 15) is 9.18 Å². The summed E-state index contributed by atoms with van der Waals surface area (Å²) in [7, 11) is 1.57. The molecule has 0 saturated carbocycles. The second-order valence-electron chi connectivity index (χ2n) is 7.55. The summed E-state index contributed by atoms with van der Waals surface area (Å²) < 4.78 is 30.6. The van der Waals surface area contributed by atoms with Crippen LogP contribution in [0.3, 0.4) is 0 Å². The predicted octanol–water partition coefficient (Wildman–Crippen LogP) is 3.84. The maximum Gasteiger partial charge on any atom is 0.319 e. The minimum atomic E-state index is -0.494. The standard InChI is InChI=1S/C23H26FN5O4/c1-31-10-11-33-18-12-19(24)21-20(13-18)25-14-26-22(21)27-15-2-4-16(5-3-15)28-23(30)29-17-6-8-32-9-7-17/h2-5,12-14,17H,6-11H2,1H3,(H,25,26,27)(H2,28,29,30). The van der Waals surface area contributed by atoms with Gasteiger partial charge in [-0.15, -0.1) is 0 Å². The van der Waals surface area contributed by atoms with E-state index in [0.717, 1.165) is 12.8 Å². The number of carbonyl (C=O) groups is 1. The number of amides is 2. The Morgan fingerprint density at radius 2 is 1.88 bits per heavy atom. The summed E-state index contributed by atoms with van der Waals surface area (Å²) in [5.41, 5.74) is 1.75. The molecule has 1 fully saturated rings. The summed E-state index contributed by atoms with van der Waals surface area (Å²) in [5.74, 6) is 0.209. The van der Waals surface area contributed by atoms with Crippen LogP contribution in [0.1, 0.15) is 12.8 Å². The molecule has 2 amide bonds. The molecule has 4 rings (SSSR count). The molecule has 174 valence electrons. The lowest BCUT2D eigenvalue weighted by Crippen LogP contribution is -2.41. The van der Waals surface area contributed by atoms with Gasteiger partial charge in [0.15, 0.2) is 0 Å². The van der Waals surface area contributed by atoms with E-state index in [1.165, 1.54) is 12.4 Å². The molecule has 10 heteroatoms. The first-order valence-electron chi connectivity index (χ1n) is 10.7. The fraction of sp³-hybridized carbons (Fsp3) is 0.348. The van der Waals surface area contributed by atoms with Crippen molar-refractivity contribution in [3.63, 3.8) is 0 Å². The molecule has 0 atom stereocenters. The average Bonchev–Trinajstić information content (AvgIpc) is 2.81. The number of nitrogens with zero attached hydrogens (tertiary/aromatic N) is 2. The zero-order valence-electron chi connectivity index (χ0n) is 18.3. The first-order valence-corrected chi connectivity index (χ1v) is 10.7. The molecule has 33 heavy (non-hydrogen) atoms. The molecule has 2 aromatic carbocycles. The van der Waals surface area contributed by atoms with Crippen molar-refractivity contribution >= 4 is 34.1 Å². The van der Waals surface area contributed by atoms with E-state index in [1.807, 2.05) is 0 Å². The lowest BCUT2D eigenvalue weighted by Gasteiger charge is -2.23. The molecule has 0 unspecified atom stereocenters. The van der Waals surface area contributed by atoms with Gasteiger partial charge in [0.2, 0.25) is 0 Å². The van der Waals surface area contributed by atoms with Gasteiger partial charge >= 0.3 is 6.03 Å². The molecule has 1 aliphatic rings. The summed E-state index contributed by atoms with van der Waals surface area (Å²) in [4.78, 5) is 20.6. The Balaban J connectivity index is 1.42. The third kappa shape index (κ3) is 6.05. The summed E-state index contributed by atoms with van der Waals surface area (Å²) in [6, 6.07) is 9.89. The van der Waals surface area contributed by atoms with Crippen molar-refractivity contribution < 1.29 is 23.4 Å². The normalized spacial score (nSPS) is 14.1. The summed E-state index contributed by atoms with van der Waals surface area (Å²) >= 11 is 0. The lowest BCUT2D eigenvalue weighted by molar-refractivity contribution is 0.0806. The highest BCUT2D eigenvalue weighted by Gasteiger charge is 2.16. The van der Waals surface area contributed by atoms with Gasteiger partial charge in [0, 0.05) is 49.9 Å². The van der Waals surface area contributed by atoms with Gasteiger partial charge in [-0.3, -0.25) is 0 Å². The van der Waals surface area contributed by atoms with Gasteiger partial charge in [-0.25, -0.2) is 19.2 Å². The number of hydrogen-bond acceptors (Lipinski definition) is 7. The number of urea groups is 1. The van der Waals surface area contributed by atoms with Crippen LogP contribution in [0.25, 0.3) is 10.9 Å². The predicted molar refractivity (Wildman–Crippen MR) is 123 cm³/mol. The third-order valence-corrected chi connectivity index (χ3v) is 5.18. The van der Waals surface area contributed by atoms with Crippen molar-refractivity contribution in [3.8, 4) is 5.75 Å². The first-order chi connectivity index (χ1) is 16.1. The smallest absolute Gasteiger partial charge is 0.319 e. The Kier molecular flexibility index (Phi) is 7.48. The molecule has 0 spiro atoms. The highest BCUT2D eigenvalue weighted by Crippen LogP contribution is 2.29. The Hall–Kier alpha value is -3.50. The van der Waals surface area contributed by atoms with E-state index in [2.05, 4.69) is 25.9 Å². The zero-order valence-corrected chi connectivity index (χ0v) is 18.3. The number of fused-ring (bicyclic) bond motifs is 1. The molecule has 9 nitrogen and oxygen atoms in total. The third-order valence-electron chi connectivity index (χ3n) is 5.18. The molecule has 3 aromatic rings. The van der Waals surface area contributed by atoms with E-state index in [1.54, 1.807) is 37.4 Å². The van der Waals surface area contributed by atoms with E-state index >= 15 is 0 Å². The number of benzene rings is 2. The summed E-state index contributed by atoms with van der Waals surface area (Å²) in [6.07, 6.45) is 2.97. The molecule has 3 N–H and O–H groups in total. The molecule has 2 heterocycles. The fourth-order valence-corrected chi connectivity index (χ4v) is 3.51. The van der Waals surface area contributed by atoms with Crippen LogP contribution in [0.15, 0.2) is 42.7 Å². The van der Waals surface area contributed by atoms with Gasteiger partial charge in [0.05, 0.1) is 17.5 Å². The molecule has 0 bridgehead atoms. The van der Waals surface area contributed by atoms with Gasteiger partial charge in [-0.2, -0.15) is 0 Å². The van der Waals surface area contributed by atoms with Crippen molar-refractivity contribution in [1.82, 2.24) is 15.3 Å². The minimum Gasteiger partial charge on any atom is -0.491 e. The molecule has 0 aliphatic carbocycles. The van der Waals surface area contributed by atoms with Gasteiger partial charge in [-0.05, 0) is 37.1 Å². The number of rotatable bonds is 8. The monoisotopic (exact) mass is 455 g/mol. The first kappa shape index (κ1) is 22.7. The van der Waals surface area contributed by atoms with Crippen LogP contribution in [0, 0.1) is 5.82 Å². The molecular formula is C23H26FN5O4. The van der Waals surface area contributed by atoms with E-state index in [4.69, 9.17) is 14.2 Å². The number of halogens is 1. The van der Waals surface area contributed by atoms with Crippen LogP contribution in [-0.2, 0) is 9.47 Å². The van der Waals surface area contributed by atoms with Gasteiger partial charge in [0.1, 0.15) is 30.3 Å². The number of methoxy groups -OCH3 is 1. The molecule has 1 aromatic heterocycles. The van der Waals surface area contributed by atoms with E-state index < -0.39 is 5.82 Å². The van der Waals surface area contributed by atoms with Crippen molar-refractivity contribution in [2.45, 2.75) is 18.9 Å². The lowest BCUT2D eigenvalue weighted by atomic mass is 10.1. The topological polar surface area (TPSA) is 107 Å². The maximum absolute atomic E-state index is 14.8. The van der Waals surface area contributed by atoms with Crippen LogP contribution in [0.4, 0.5) is 26.4 Å². The molecular weight excluding hydrogens is 429 g/mol. The minimum absolute atomic E-state index is 0.117. The van der Waals surface area contributed by atoms with E-state index in [0.29, 0.717) is 54.9 Å². The Bertz CT molecular complexity index is 1090.